The summed E-state index contributed by atoms with van der Waals surface area (Å²) in [6.45, 7) is 6.61. The van der Waals surface area contributed by atoms with E-state index >= 15 is 0 Å². The maximum atomic E-state index is 13.8. The van der Waals surface area contributed by atoms with Crippen molar-refractivity contribution in [2.24, 2.45) is 0 Å². The molecular formula is C30H32FN3O2. The van der Waals surface area contributed by atoms with Gasteiger partial charge in [-0.2, -0.15) is 0 Å². The first-order chi connectivity index (χ1) is 17.4. The van der Waals surface area contributed by atoms with Crippen molar-refractivity contribution in [3.63, 3.8) is 0 Å². The second-order valence-corrected chi connectivity index (χ2v) is 9.10. The van der Waals surface area contributed by atoms with Gasteiger partial charge >= 0.3 is 0 Å². The number of benzene rings is 3. The Morgan fingerprint density at radius 3 is 2.44 bits per heavy atom. The molecule has 5 nitrogen and oxygen atoms in total. The van der Waals surface area contributed by atoms with E-state index in [0.29, 0.717) is 35.3 Å². The zero-order chi connectivity index (χ0) is 25.7. The fourth-order valence-corrected chi connectivity index (χ4v) is 4.62. The number of para-hydroxylation sites is 1. The van der Waals surface area contributed by atoms with Gasteiger partial charge in [0, 0.05) is 12.1 Å². The van der Waals surface area contributed by atoms with Crippen LogP contribution >= 0.6 is 0 Å². The van der Waals surface area contributed by atoms with E-state index in [-0.39, 0.29) is 17.3 Å². The first-order valence-corrected chi connectivity index (χ1v) is 12.6. The van der Waals surface area contributed by atoms with Gasteiger partial charge in [0.25, 0.3) is 11.5 Å². The van der Waals surface area contributed by atoms with Gasteiger partial charge in [0.15, 0.2) is 0 Å². The minimum atomic E-state index is -0.447. The Morgan fingerprint density at radius 2 is 1.75 bits per heavy atom. The Kier molecular flexibility index (Phi) is 7.93. The summed E-state index contributed by atoms with van der Waals surface area (Å²) in [7, 11) is 0. The van der Waals surface area contributed by atoms with Crippen LogP contribution in [0.15, 0.2) is 77.6 Å². The van der Waals surface area contributed by atoms with Crippen molar-refractivity contribution in [1.29, 1.82) is 0 Å². The lowest BCUT2D eigenvalue weighted by Gasteiger charge is -2.32. The zero-order valence-corrected chi connectivity index (χ0v) is 21.1. The molecule has 1 amide bonds. The molecule has 36 heavy (non-hydrogen) atoms. The van der Waals surface area contributed by atoms with E-state index in [2.05, 4.69) is 6.92 Å². The molecule has 4 rings (SSSR count). The van der Waals surface area contributed by atoms with Gasteiger partial charge in [-0.15, -0.1) is 0 Å². The first kappa shape index (κ1) is 25.3. The molecule has 1 heterocycles. The maximum absolute atomic E-state index is 13.8. The molecule has 0 spiro atoms. The van der Waals surface area contributed by atoms with Gasteiger partial charge in [0.2, 0.25) is 0 Å². The monoisotopic (exact) mass is 485 g/mol. The van der Waals surface area contributed by atoms with E-state index in [1.807, 2.05) is 56.3 Å². The third-order valence-electron chi connectivity index (χ3n) is 6.48. The average molecular weight is 486 g/mol. The molecule has 6 heteroatoms. The molecule has 0 aliphatic heterocycles. The number of aromatic nitrogens is 2. The van der Waals surface area contributed by atoms with Crippen LogP contribution in [-0.4, -0.2) is 26.9 Å². The number of aryl methyl sites for hydroxylation is 1. The molecule has 186 valence electrons. The smallest absolute Gasteiger partial charge is 0.266 e. The molecule has 0 N–H and O–H groups in total. The van der Waals surface area contributed by atoms with Gasteiger partial charge < -0.3 is 4.90 Å². The van der Waals surface area contributed by atoms with Crippen LogP contribution in [0.5, 0.6) is 0 Å². The summed E-state index contributed by atoms with van der Waals surface area (Å²) in [5.74, 6) is -0.0597. The molecule has 0 radical (unpaired) electrons. The largest absolute Gasteiger partial charge is 0.328 e. The van der Waals surface area contributed by atoms with Crippen LogP contribution in [-0.2, 0) is 0 Å². The predicted octanol–water partition coefficient (Wildman–Crippen LogP) is 6.62. The Hall–Kier alpha value is -3.80. The van der Waals surface area contributed by atoms with Crippen LogP contribution in [0.2, 0.25) is 0 Å². The summed E-state index contributed by atoms with van der Waals surface area (Å²) in [4.78, 5) is 34.3. The molecule has 0 saturated carbocycles. The van der Waals surface area contributed by atoms with Gasteiger partial charge in [0.05, 0.1) is 22.6 Å². The average Bonchev–Trinajstić information content (AvgIpc) is 2.88. The molecule has 0 bridgehead atoms. The predicted molar refractivity (Wildman–Crippen MR) is 142 cm³/mol. The topological polar surface area (TPSA) is 55.2 Å². The maximum Gasteiger partial charge on any atom is 0.266 e. The lowest BCUT2D eigenvalue weighted by molar-refractivity contribution is 0.0655. The van der Waals surface area contributed by atoms with E-state index in [1.54, 1.807) is 15.5 Å². The molecule has 4 aromatic rings. The number of amides is 1. The number of rotatable bonds is 9. The van der Waals surface area contributed by atoms with Crippen LogP contribution in [0.25, 0.3) is 16.6 Å². The van der Waals surface area contributed by atoms with E-state index in [9.17, 15) is 14.0 Å². The number of hydrogen-bond acceptors (Lipinski definition) is 3. The number of fused-ring (bicyclic) bond motifs is 1. The number of nitrogens with zero attached hydrogens (tertiary/aromatic N) is 3. The molecular weight excluding hydrogens is 453 g/mol. The van der Waals surface area contributed by atoms with Crippen molar-refractivity contribution in [2.75, 3.05) is 6.54 Å². The fraction of sp³-hybridized carbons (Fsp3) is 0.300. The quantitative estimate of drug-likeness (QED) is 0.251. The first-order valence-electron chi connectivity index (χ1n) is 12.6. The minimum absolute atomic E-state index is 0.164. The number of unbranched alkanes of at least 4 members (excludes halogenated alkanes) is 2. The van der Waals surface area contributed by atoms with Gasteiger partial charge in [-0.05, 0) is 73.9 Å². The zero-order valence-electron chi connectivity index (χ0n) is 21.1. The fourth-order valence-electron chi connectivity index (χ4n) is 4.62. The Bertz CT molecular complexity index is 1410. The lowest BCUT2D eigenvalue weighted by Crippen LogP contribution is -2.39. The summed E-state index contributed by atoms with van der Waals surface area (Å²) in [5, 5.41) is 0.528. The Balaban J connectivity index is 1.92. The van der Waals surface area contributed by atoms with Crippen LogP contribution in [0, 0.1) is 12.7 Å². The summed E-state index contributed by atoms with van der Waals surface area (Å²) in [6.07, 6.45) is 3.37. The number of halogens is 1. The highest BCUT2D eigenvalue weighted by Crippen LogP contribution is 2.28. The highest BCUT2D eigenvalue weighted by atomic mass is 19.1. The standard InChI is InChI=1S/C30H32FN3O2/c1-4-6-9-19-33(29(35)22-15-17-23(31)18-16-22)27(5-2)28-32-26-14-8-7-13-25(26)30(36)34(28)24-12-10-11-21(3)20-24/h7-8,10-18,20,27H,4-6,9,19H2,1-3H3. The van der Waals surface area contributed by atoms with Crippen molar-refractivity contribution in [2.45, 2.75) is 52.5 Å². The third kappa shape index (κ3) is 5.23. The van der Waals surface area contributed by atoms with Gasteiger partial charge in [-0.1, -0.05) is 51.0 Å². The second kappa shape index (κ2) is 11.3. The Labute approximate surface area is 211 Å². The third-order valence-corrected chi connectivity index (χ3v) is 6.48. The van der Waals surface area contributed by atoms with E-state index in [0.717, 1.165) is 30.5 Å². The number of carbonyl (C=O) groups is 1. The van der Waals surface area contributed by atoms with Crippen molar-refractivity contribution in [3.8, 4) is 5.69 Å². The molecule has 1 atom stereocenters. The molecule has 1 aromatic heterocycles. The van der Waals surface area contributed by atoms with Crippen molar-refractivity contribution >= 4 is 16.8 Å². The molecule has 0 aliphatic rings. The van der Waals surface area contributed by atoms with Crippen LogP contribution < -0.4 is 5.56 Å². The van der Waals surface area contributed by atoms with Crippen LogP contribution in [0.4, 0.5) is 4.39 Å². The normalized spacial score (nSPS) is 12.0. The van der Waals surface area contributed by atoms with Crippen molar-refractivity contribution < 1.29 is 9.18 Å². The van der Waals surface area contributed by atoms with Gasteiger partial charge in [-0.3, -0.25) is 14.2 Å². The summed E-state index contributed by atoms with van der Waals surface area (Å²) in [5.41, 5.74) is 2.59. The highest BCUT2D eigenvalue weighted by Gasteiger charge is 2.29. The van der Waals surface area contributed by atoms with E-state index in [4.69, 9.17) is 4.98 Å². The molecule has 3 aromatic carbocycles. The molecule has 1 unspecified atom stereocenters. The number of carbonyl (C=O) groups excluding carboxylic acids is 1. The number of hydrogen-bond donors (Lipinski definition) is 0. The van der Waals surface area contributed by atoms with Crippen molar-refractivity contribution in [3.05, 3.63) is 106 Å². The van der Waals surface area contributed by atoms with Crippen LogP contribution in [0.3, 0.4) is 0 Å². The van der Waals surface area contributed by atoms with Crippen LogP contribution in [0.1, 0.15) is 67.3 Å². The summed E-state index contributed by atoms with van der Waals surface area (Å²) in [6, 6.07) is 20.2. The summed E-state index contributed by atoms with van der Waals surface area (Å²) >= 11 is 0. The van der Waals surface area contributed by atoms with Crippen molar-refractivity contribution in [1.82, 2.24) is 14.5 Å². The minimum Gasteiger partial charge on any atom is -0.328 e. The summed E-state index contributed by atoms with van der Waals surface area (Å²) < 4.78 is 15.2. The van der Waals surface area contributed by atoms with E-state index < -0.39 is 6.04 Å². The molecule has 0 fully saturated rings. The Morgan fingerprint density at radius 1 is 1.00 bits per heavy atom. The highest BCUT2D eigenvalue weighted by molar-refractivity contribution is 5.94. The lowest BCUT2D eigenvalue weighted by atomic mass is 10.1. The molecule has 0 saturated heterocycles. The molecule has 0 aliphatic carbocycles. The van der Waals surface area contributed by atoms with Gasteiger partial charge in [-0.25, -0.2) is 9.37 Å². The SMILES string of the molecule is CCCCCN(C(=O)c1ccc(F)cc1)C(CC)c1nc2ccccc2c(=O)n1-c1cccc(C)c1. The van der Waals surface area contributed by atoms with Gasteiger partial charge in [0.1, 0.15) is 11.6 Å². The van der Waals surface area contributed by atoms with E-state index in [1.165, 1.54) is 24.3 Å². The second-order valence-electron chi connectivity index (χ2n) is 9.10.